The van der Waals surface area contributed by atoms with E-state index in [4.69, 9.17) is 10.5 Å². The zero-order valence-electron chi connectivity index (χ0n) is 11.7. The van der Waals surface area contributed by atoms with Gasteiger partial charge < -0.3 is 15.8 Å². The van der Waals surface area contributed by atoms with Crippen molar-refractivity contribution in [2.24, 2.45) is 5.73 Å². The molecule has 3 N–H and O–H groups in total. The molecule has 2 rings (SSSR count). The molecule has 1 heterocycles. The summed E-state index contributed by atoms with van der Waals surface area (Å²) in [5.41, 5.74) is 5.70. The minimum atomic E-state index is -0.833. The van der Waals surface area contributed by atoms with Gasteiger partial charge in [-0.2, -0.15) is 0 Å². The van der Waals surface area contributed by atoms with Crippen LogP contribution in [-0.4, -0.2) is 35.5 Å². The normalized spacial score (nSPS) is 17.2. The van der Waals surface area contributed by atoms with Crippen molar-refractivity contribution in [2.45, 2.75) is 25.9 Å². The number of carbonyl (C=O) groups is 2. The Balaban J connectivity index is 1.86. The van der Waals surface area contributed by atoms with Gasteiger partial charge in [-0.1, -0.05) is 12.1 Å². The van der Waals surface area contributed by atoms with Crippen molar-refractivity contribution in [3.63, 3.8) is 0 Å². The van der Waals surface area contributed by atoms with Crippen molar-refractivity contribution >= 4 is 11.9 Å². The lowest BCUT2D eigenvalue weighted by Gasteiger charge is -2.16. The van der Waals surface area contributed by atoms with Gasteiger partial charge in [0.05, 0.1) is 6.54 Å². The van der Waals surface area contributed by atoms with Crippen molar-refractivity contribution in [2.75, 3.05) is 13.2 Å². The fourth-order valence-electron chi connectivity index (χ4n) is 2.00. The standard InChI is InChI=1S/C14H19N3O3/c1-14(2)12(18)17(13(19)16-14)7-8-20-11-5-3-10(9-15)4-6-11/h3-6H,7-9,15H2,1-2H3,(H,16,19). The molecule has 1 saturated heterocycles. The van der Waals surface area contributed by atoms with Gasteiger partial charge in [0.25, 0.3) is 5.91 Å². The van der Waals surface area contributed by atoms with Gasteiger partial charge in [0, 0.05) is 6.54 Å². The fraction of sp³-hybridized carbons (Fsp3) is 0.429. The van der Waals surface area contributed by atoms with Crippen molar-refractivity contribution in [1.29, 1.82) is 0 Å². The van der Waals surface area contributed by atoms with E-state index in [9.17, 15) is 9.59 Å². The third kappa shape index (κ3) is 2.91. The molecular weight excluding hydrogens is 258 g/mol. The number of carbonyl (C=O) groups excluding carboxylic acids is 2. The number of hydrogen-bond donors (Lipinski definition) is 2. The largest absolute Gasteiger partial charge is 0.492 e. The average Bonchev–Trinajstić information content (AvgIpc) is 2.61. The Bertz CT molecular complexity index is 511. The number of hydrogen-bond acceptors (Lipinski definition) is 4. The number of urea groups is 1. The summed E-state index contributed by atoms with van der Waals surface area (Å²) in [6, 6.07) is 7.02. The number of nitrogens with zero attached hydrogens (tertiary/aromatic N) is 1. The highest BCUT2D eigenvalue weighted by molar-refractivity contribution is 6.06. The number of nitrogens with one attached hydrogen (secondary N) is 1. The third-order valence-electron chi connectivity index (χ3n) is 3.19. The Hall–Kier alpha value is -2.08. The Morgan fingerprint density at radius 1 is 1.25 bits per heavy atom. The topological polar surface area (TPSA) is 84.7 Å². The highest BCUT2D eigenvalue weighted by Crippen LogP contribution is 2.17. The molecular formula is C14H19N3O3. The lowest BCUT2D eigenvalue weighted by molar-refractivity contribution is -0.130. The van der Waals surface area contributed by atoms with Crippen LogP contribution in [0.3, 0.4) is 0 Å². The zero-order chi connectivity index (χ0) is 14.8. The second-order valence-electron chi connectivity index (χ2n) is 5.21. The molecule has 6 nitrogen and oxygen atoms in total. The lowest BCUT2D eigenvalue weighted by Crippen LogP contribution is -2.40. The first kappa shape index (κ1) is 14.3. The maximum Gasteiger partial charge on any atom is 0.325 e. The van der Waals surface area contributed by atoms with E-state index in [-0.39, 0.29) is 25.1 Å². The van der Waals surface area contributed by atoms with E-state index in [1.165, 1.54) is 4.90 Å². The predicted octanol–water partition coefficient (Wildman–Crippen LogP) is 0.854. The van der Waals surface area contributed by atoms with Crippen LogP contribution in [0.15, 0.2) is 24.3 Å². The van der Waals surface area contributed by atoms with Crippen LogP contribution in [0.25, 0.3) is 0 Å². The predicted molar refractivity (Wildman–Crippen MR) is 74.2 cm³/mol. The number of rotatable bonds is 5. The summed E-state index contributed by atoms with van der Waals surface area (Å²) in [5.74, 6) is 0.457. The molecule has 0 bridgehead atoms. The Labute approximate surface area is 117 Å². The summed E-state index contributed by atoms with van der Waals surface area (Å²) in [7, 11) is 0. The minimum absolute atomic E-state index is 0.229. The molecule has 0 spiro atoms. The number of imide groups is 1. The van der Waals surface area contributed by atoms with Crippen LogP contribution < -0.4 is 15.8 Å². The second-order valence-corrected chi connectivity index (χ2v) is 5.21. The molecule has 108 valence electrons. The van der Waals surface area contributed by atoms with Gasteiger partial charge in [0.2, 0.25) is 0 Å². The third-order valence-corrected chi connectivity index (χ3v) is 3.19. The maximum absolute atomic E-state index is 11.9. The first-order chi connectivity index (χ1) is 9.44. The summed E-state index contributed by atoms with van der Waals surface area (Å²) >= 11 is 0. The Morgan fingerprint density at radius 3 is 2.40 bits per heavy atom. The highest BCUT2D eigenvalue weighted by atomic mass is 16.5. The van der Waals surface area contributed by atoms with Gasteiger partial charge in [0.15, 0.2) is 0 Å². The van der Waals surface area contributed by atoms with Crippen molar-refractivity contribution in [3.05, 3.63) is 29.8 Å². The molecule has 0 unspecified atom stereocenters. The average molecular weight is 277 g/mol. The van der Waals surface area contributed by atoms with Gasteiger partial charge in [-0.3, -0.25) is 9.69 Å². The number of nitrogens with two attached hydrogens (primary N) is 1. The quantitative estimate of drug-likeness (QED) is 0.782. The summed E-state index contributed by atoms with van der Waals surface area (Å²) in [6.07, 6.45) is 0. The smallest absolute Gasteiger partial charge is 0.325 e. The molecule has 1 aliphatic rings. The highest BCUT2D eigenvalue weighted by Gasteiger charge is 2.43. The number of benzene rings is 1. The molecule has 20 heavy (non-hydrogen) atoms. The molecule has 0 aliphatic carbocycles. The van der Waals surface area contributed by atoms with E-state index in [1.807, 2.05) is 24.3 Å². The Morgan fingerprint density at radius 2 is 1.90 bits per heavy atom. The molecule has 3 amide bonds. The first-order valence-electron chi connectivity index (χ1n) is 6.50. The molecule has 0 aromatic heterocycles. The van der Waals surface area contributed by atoms with Crippen LogP contribution >= 0.6 is 0 Å². The van der Waals surface area contributed by atoms with E-state index < -0.39 is 5.54 Å². The van der Waals surface area contributed by atoms with E-state index in [0.29, 0.717) is 12.3 Å². The van der Waals surface area contributed by atoms with E-state index >= 15 is 0 Å². The minimum Gasteiger partial charge on any atom is -0.492 e. The van der Waals surface area contributed by atoms with E-state index in [0.717, 1.165) is 5.56 Å². The van der Waals surface area contributed by atoms with Gasteiger partial charge in [-0.25, -0.2) is 4.79 Å². The van der Waals surface area contributed by atoms with Crippen molar-refractivity contribution in [3.8, 4) is 5.75 Å². The van der Waals surface area contributed by atoms with Crippen LogP contribution in [0.1, 0.15) is 19.4 Å². The second kappa shape index (κ2) is 5.50. The molecule has 0 saturated carbocycles. The maximum atomic E-state index is 11.9. The summed E-state index contributed by atoms with van der Waals surface area (Å²) < 4.78 is 5.52. The summed E-state index contributed by atoms with van der Waals surface area (Å²) in [4.78, 5) is 24.8. The molecule has 0 radical (unpaired) electrons. The molecule has 1 aromatic carbocycles. The van der Waals surface area contributed by atoms with Crippen molar-refractivity contribution in [1.82, 2.24) is 10.2 Å². The van der Waals surface area contributed by atoms with Gasteiger partial charge in [-0.15, -0.1) is 0 Å². The Kier molecular flexibility index (Phi) is 3.94. The van der Waals surface area contributed by atoms with Crippen LogP contribution in [0.4, 0.5) is 4.79 Å². The van der Waals surface area contributed by atoms with E-state index in [1.54, 1.807) is 13.8 Å². The van der Waals surface area contributed by atoms with Crippen LogP contribution in [-0.2, 0) is 11.3 Å². The SMILES string of the molecule is CC1(C)NC(=O)N(CCOc2ccc(CN)cc2)C1=O. The van der Waals surface area contributed by atoms with Gasteiger partial charge in [-0.05, 0) is 31.5 Å². The van der Waals surface area contributed by atoms with Crippen molar-refractivity contribution < 1.29 is 14.3 Å². The molecule has 0 atom stereocenters. The van der Waals surface area contributed by atoms with E-state index in [2.05, 4.69) is 5.32 Å². The summed E-state index contributed by atoms with van der Waals surface area (Å²) in [5, 5.41) is 2.62. The fourth-order valence-corrected chi connectivity index (χ4v) is 2.00. The van der Waals surface area contributed by atoms with Gasteiger partial charge >= 0.3 is 6.03 Å². The number of ether oxygens (including phenoxy) is 1. The molecule has 1 fully saturated rings. The van der Waals surface area contributed by atoms with Crippen LogP contribution in [0, 0.1) is 0 Å². The monoisotopic (exact) mass is 277 g/mol. The van der Waals surface area contributed by atoms with Crippen LogP contribution in [0.5, 0.6) is 5.75 Å². The molecule has 1 aromatic rings. The zero-order valence-corrected chi connectivity index (χ0v) is 11.7. The summed E-state index contributed by atoms with van der Waals surface area (Å²) in [6.45, 7) is 4.33. The molecule has 1 aliphatic heterocycles. The lowest BCUT2D eigenvalue weighted by atomic mass is 10.1. The van der Waals surface area contributed by atoms with Crippen LogP contribution in [0.2, 0.25) is 0 Å². The first-order valence-corrected chi connectivity index (χ1v) is 6.50. The van der Waals surface area contributed by atoms with Gasteiger partial charge in [0.1, 0.15) is 17.9 Å². The number of amides is 3. The molecule has 6 heteroatoms.